The molecule has 1 heterocycles. The van der Waals surface area contributed by atoms with E-state index in [4.69, 9.17) is 21.4 Å². The van der Waals surface area contributed by atoms with Crippen LogP contribution in [0, 0.1) is 0 Å². The number of carboxylic acids is 1. The monoisotopic (exact) mass is 269 g/mol. The van der Waals surface area contributed by atoms with Crippen LogP contribution in [0.4, 0.5) is 0 Å². The van der Waals surface area contributed by atoms with Crippen LogP contribution in [0.2, 0.25) is 5.02 Å². The molecule has 2 aromatic rings. The number of hydrogen-bond acceptors (Lipinski definition) is 4. The standard InChI is InChI=1S/C11H8ClNO3S/c1-16-8-3-2-6(4-7(8)12)10-9(11(14)15)13-5-17-10/h2-5H,1H3,(H,14,15). The molecule has 0 saturated heterocycles. The molecule has 4 nitrogen and oxygen atoms in total. The number of aromatic nitrogens is 1. The Balaban J connectivity index is 2.50. The topological polar surface area (TPSA) is 59.4 Å². The number of rotatable bonds is 3. The third-order valence-electron chi connectivity index (χ3n) is 2.18. The molecule has 1 aromatic carbocycles. The fourth-order valence-corrected chi connectivity index (χ4v) is 2.45. The molecule has 0 aliphatic heterocycles. The van der Waals surface area contributed by atoms with Gasteiger partial charge >= 0.3 is 5.97 Å². The normalized spacial score (nSPS) is 10.2. The van der Waals surface area contributed by atoms with E-state index >= 15 is 0 Å². The van der Waals surface area contributed by atoms with Gasteiger partial charge in [-0.05, 0) is 23.8 Å². The van der Waals surface area contributed by atoms with Crippen LogP contribution < -0.4 is 4.74 Å². The molecule has 1 N–H and O–H groups in total. The Bertz CT molecular complexity index is 568. The Morgan fingerprint density at radius 2 is 2.29 bits per heavy atom. The highest BCUT2D eigenvalue weighted by Crippen LogP contribution is 2.33. The van der Waals surface area contributed by atoms with Crippen molar-refractivity contribution in [3.05, 3.63) is 34.4 Å². The van der Waals surface area contributed by atoms with E-state index in [1.54, 1.807) is 18.2 Å². The minimum atomic E-state index is -1.05. The number of hydrogen-bond donors (Lipinski definition) is 1. The fraction of sp³-hybridized carbons (Fsp3) is 0.0909. The van der Waals surface area contributed by atoms with Crippen LogP contribution >= 0.6 is 22.9 Å². The maximum absolute atomic E-state index is 11.0. The van der Waals surface area contributed by atoms with Crippen LogP contribution in [-0.4, -0.2) is 23.2 Å². The van der Waals surface area contributed by atoms with Crippen LogP contribution in [0.15, 0.2) is 23.7 Å². The van der Waals surface area contributed by atoms with Gasteiger partial charge in [-0.15, -0.1) is 11.3 Å². The number of ether oxygens (including phenoxy) is 1. The van der Waals surface area contributed by atoms with E-state index < -0.39 is 5.97 Å². The largest absolute Gasteiger partial charge is 0.495 e. The Hall–Kier alpha value is -1.59. The van der Waals surface area contributed by atoms with Crippen molar-refractivity contribution < 1.29 is 14.6 Å². The number of nitrogens with zero attached hydrogens (tertiary/aromatic N) is 1. The zero-order chi connectivity index (χ0) is 12.4. The summed E-state index contributed by atoms with van der Waals surface area (Å²) in [4.78, 5) is 15.3. The summed E-state index contributed by atoms with van der Waals surface area (Å²) in [7, 11) is 1.52. The van der Waals surface area contributed by atoms with Gasteiger partial charge in [0.1, 0.15) is 5.75 Å². The molecule has 1 aromatic heterocycles. The van der Waals surface area contributed by atoms with Gasteiger partial charge in [-0.25, -0.2) is 9.78 Å². The van der Waals surface area contributed by atoms with E-state index in [2.05, 4.69) is 4.98 Å². The SMILES string of the molecule is COc1ccc(-c2scnc2C(=O)O)cc1Cl. The van der Waals surface area contributed by atoms with Crippen molar-refractivity contribution in [2.75, 3.05) is 7.11 Å². The molecule has 17 heavy (non-hydrogen) atoms. The predicted octanol–water partition coefficient (Wildman–Crippen LogP) is 3.17. The lowest BCUT2D eigenvalue weighted by atomic mass is 10.1. The number of thiazole rings is 1. The molecule has 0 atom stereocenters. The van der Waals surface area contributed by atoms with Gasteiger partial charge in [0.15, 0.2) is 5.69 Å². The average molecular weight is 270 g/mol. The van der Waals surface area contributed by atoms with Crippen LogP contribution in [0.3, 0.4) is 0 Å². The quantitative estimate of drug-likeness (QED) is 0.930. The molecule has 0 bridgehead atoms. The maximum Gasteiger partial charge on any atom is 0.356 e. The van der Waals surface area contributed by atoms with Gasteiger partial charge in [-0.2, -0.15) is 0 Å². The van der Waals surface area contributed by atoms with Gasteiger partial charge in [-0.1, -0.05) is 11.6 Å². The number of aromatic carboxylic acids is 1. The summed E-state index contributed by atoms with van der Waals surface area (Å²) in [6.45, 7) is 0. The second-order valence-corrected chi connectivity index (χ2v) is 4.45. The van der Waals surface area contributed by atoms with Crippen molar-refractivity contribution >= 4 is 28.9 Å². The lowest BCUT2D eigenvalue weighted by Crippen LogP contribution is -1.98. The highest BCUT2D eigenvalue weighted by molar-refractivity contribution is 7.13. The van der Waals surface area contributed by atoms with Crippen molar-refractivity contribution in [1.82, 2.24) is 4.98 Å². The van der Waals surface area contributed by atoms with Crippen LogP contribution in [0.25, 0.3) is 10.4 Å². The third kappa shape index (κ3) is 2.25. The van der Waals surface area contributed by atoms with E-state index in [0.29, 0.717) is 15.6 Å². The van der Waals surface area contributed by atoms with E-state index in [-0.39, 0.29) is 5.69 Å². The van der Waals surface area contributed by atoms with Gasteiger partial charge in [-0.3, -0.25) is 0 Å². The van der Waals surface area contributed by atoms with Crippen molar-refractivity contribution in [3.8, 4) is 16.2 Å². The molecular weight excluding hydrogens is 262 g/mol. The first-order chi connectivity index (χ1) is 8.13. The van der Waals surface area contributed by atoms with E-state index in [9.17, 15) is 4.79 Å². The summed E-state index contributed by atoms with van der Waals surface area (Å²) in [5, 5.41) is 9.41. The summed E-state index contributed by atoms with van der Waals surface area (Å²) in [6, 6.07) is 5.12. The highest BCUT2D eigenvalue weighted by Gasteiger charge is 2.16. The zero-order valence-corrected chi connectivity index (χ0v) is 10.4. The minimum Gasteiger partial charge on any atom is -0.495 e. The van der Waals surface area contributed by atoms with Gasteiger partial charge < -0.3 is 9.84 Å². The van der Waals surface area contributed by atoms with Crippen LogP contribution in [-0.2, 0) is 0 Å². The molecule has 0 radical (unpaired) electrons. The molecule has 0 unspecified atom stereocenters. The highest BCUT2D eigenvalue weighted by atomic mass is 35.5. The molecule has 0 aliphatic carbocycles. The second kappa shape index (κ2) is 4.73. The average Bonchev–Trinajstić information content (AvgIpc) is 2.77. The second-order valence-electron chi connectivity index (χ2n) is 3.18. The first-order valence-corrected chi connectivity index (χ1v) is 5.90. The Morgan fingerprint density at radius 1 is 1.53 bits per heavy atom. The fourth-order valence-electron chi connectivity index (χ4n) is 1.41. The molecule has 2 rings (SSSR count). The van der Waals surface area contributed by atoms with Crippen molar-refractivity contribution in [2.24, 2.45) is 0 Å². The van der Waals surface area contributed by atoms with E-state index in [0.717, 1.165) is 5.56 Å². The third-order valence-corrected chi connectivity index (χ3v) is 3.35. The summed E-state index contributed by atoms with van der Waals surface area (Å²) >= 11 is 7.25. The van der Waals surface area contributed by atoms with Gasteiger partial charge in [0.25, 0.3) is 0 Å². The summed E-state index contributed by atoms with van der Waals surface area (Å²) in [5.74, 6) is -0.495. The Labute approximate surface area is 106 Å². The molecule has 0 aliphatic rings. The molecule has 0 amide bonds. The number of methoxy groups -OCH3 is 1. The maximum atomic E-state index is 11.0. The van der Waals surface area contributed by atoms with Gasteiger partial charge in [0.2, 0.25) is 0 Å². The van der Waals surface area contributed by atoms with Crippen LogP contribution in [0.1, 0.15) is 10.5 Å². The van der Waals surface area contributed by atoms with E-state index in [1.165, 1.54) is 24.0 Å². The predicted molar refractivity (Wildman–Crippen MR) is 66.1 cm³/mol. The van der Waals surface area contributed by atoms with Crippen molar-refractivity contribution in [3.63, 3.8) is 0 Å². The summed E-state index contributed by atoms with van der Waals surface area (Å²) < 4.78 is 5.03. The lowest BCUT2D eigenvalue weighted by Gasteiger charge is -2.05. The van der Waals surface area contributed by atoms with Crippen molar-refractivity contribution in [1.29, 1.82) is 0 Å². The number of carboxylic acid groups (broad SMARTS) is 1. The lowest BCUT2D eigenvalue weighted by molar-refractivity contribution is 0.0692. The Morgan fingerprint density at radius 3 is 2.88 bits per heavy atom. The first kappa shape index (κ1) is 11.9. The number of carbonyl (C=O) groups is 1. The summed E-state index contributed by atoms with van der Waals surface area (Å²) in [5.41, 5.74) is 2.25. The first-order valence-electron chi connectivity index (χ1n) is 4.64. The Kier molecular flexibility index (Phi) is 3.31. The number of halogens is 1. The smallest absolute Gasteiger partial charge is 0.356 e. The zero-order valence-electron chi connectivity index (χ0n) is 8.81. The van der Waals surface area contributed by atoms with Gasteiger partial charge in [0, 0.05) is 0 Å². The van der Waals surface area contributed by atoms with Crippen molar-refractivity contribution in [2.45, 2.75) is 0 Å². The van der Waals surface area contributed by atoms with E-state index in [1.807, 2.05) is 0 Å². The molecule has 0 saturated carbocycles. The minimum absolute atomic E-state index is 0.0382. The molecule has 6 heteroatoms. The van der Waals surface area contributed by atoms with Gasteiger partial charge in [0.05, 0.1) is 22.5 Å². The number of benzene rings is 1. The molecule has 88 valence electrons. The molecular formula is C11H8ClNO3S. The van der Waals surface area contributed by atoms with Crippen LogP contribution in [0.5, 0.6) is 5.75 Å². The molecule has 0 spiro atoms. The summed E-state index contributed by atoms with van der Waals surface area (Å²) in [6.07, 6.45) is 0. The molecule has 0 fully saturated rings.